The molecule has 0 spiro atoms. The molecule has 25 heavy (non-hydrogen) atoms. The van der Waals surface area contributed by atoms with E-state index in [2.05, 4.69) is 6.58 Å². The Bertz CT molecular complexity index is 644. The van der Waals surface area contributed by atoms with Crippen LogP contribution in [-0.2, 0) is 25.7 Å². The van der Waals surface area contributed by atoms with E-state index in [0.717, 1.165) is 11.8 Å². The van der Waals surface area contributed by atoms with Crippen LogP contribution in [0, 0.1) is 11.3 Å². The Morgan fingerprint density at radius 3 is 2.60 bits per heavy atom. The number of esters is 1. The molecule has 1 saturated heterocycles. The average molecular weight is 345 g/mol. The van der Waals surface area contributed by atoms with E-state index in [0.29, 0.717) is 6.42 Å². The molecule has 6 nitrogen and oxygen atoms in total. The third-order valence-corrected chi connectivity index (χ3v) is 4.79. The topological polar surface area (TPSA) is 72.9 Å². The van der Waals surface area contributed by atoms with Gasteiger partial charge in [-0.15, -0.1) is 6.58 Å². The van der Waals surface area contributed by atoms with Gasteiger partial charge in [-0.3, -0.25) is 4.90 Å². The van der Waals surface area contributed by atoms with Gasteiger partial charge < -0.3 is 14.3 Å². The van der Waals surface area contributed by atoms with Crippen molar-refractivity contribution in [1.29, 1.82) is 0 Å². The number of methoxy groups -OCH3 is 1. The second-order valence-corrected chi connectivity index (χ2v) is 6.36. The summed E-state index contributed by atoms with van der Waals surface area (Å²) in [5.41, 5.74) is 0.0629. The molecule has 6 heteroatoms. The predicted molar refractivity (Wildman–Crippen MR) is 91.6 cm³/mol. The molecule has 3 atom stereocenters. The van der Waals surface area contributed by atoms with Crippen molar-refractivity contribution in [3.63, 3.8) is 0 Å². The minimum absolute atomic E-state index is 0.0913. The standard InChI is InChI=1S/C19H23NO5/c1-4-10-19(2)15(12-21)11-20(16(19)17(22)24-3)18(23)25-13-14-8-6-5-7-9-14/h4-9,12,15-16H,1,10-11,13H2,2-3H3/t15-,16-,19-/m1/s1. The molecule has 1 aromatic rings. The van der Waals surface area contributed by atoms with E-state index < -0.39 is 29.4 Å². The number of likely N-dealkylation sites (tertiary alicyclic amines) is 1. The molecular weight excluding hydrogens is 322 g/mol. The number of hydrogen-bond acceptors (Lipinski definition) is 5. The Morgan fingerprint density at radius 1 is 1.36 bits per heavy atom. The summed E-state index contributed by atoms with van der Waals surface area (Å²) in [4.78, 5) is 37.7. The number of amides is 1. The summed E-state index contributed by atoms with van der Waals surface area (Å²) < 4.78 is 10.2. The zero-order valence-electron chi connectivity index (χ0n) is 14.5. The molecule has 2 rings (SSSR count). The van der Waals surface area contributed by atoms with Crippen LogP contribution in [-0.4, -0.2) is 42.9 Å². The van der Waals surface area contributed by atoms with Crippen LogP contribution in [0.25, 0.3) is 0 Å². The summed E-state index contributed by atoms with van der Waals surface area (Å²) in [6.45, 7) is 5.70. The second kappa shape index (κ2) is 7.96. The van der Waals surface area contributed by atoms with Crippen LogP contribution in [0.15, 0.2) is 43.0 Å². The zero-order valence-corrected chi connectivity index (χ0v) is 14.5. The molecule has 1 aliphatic rings. The molecular formula is C19H23NO5. The van der Waals surface area contributed by atoms with E-state index in [1.54, 1.807) is 13.0 Å². The van der Waals surface area contributed by atoms with Gasteiger partial charge in [-0.2, -0.15) is 0 Å². The number of rotatable bonds is 6. The normalized spacial score (nSPS) is 25.3. The molecule has 1 heterocycles. The lowest BCUT2D eigenvalue weighted by Crippen LogP contribution is -2.48. The van der Waals surface area contributed by atoms with Crippen LogP contribution in [0.1, 0.15) is 18.9 Å². The van der Waals surface area contributed by atoms with E-state index in [-0.39, 0.29) is 13.2 Å². The fraction of sp³-hybridized carbons (Fsp3) is 0.421. The Hall–Kier alpha value is -2.63. The fourth-order valence-corrected chi connectivity index (χ4v) is 3.35. The third-order valence-electron chi connectivity index (χ3n) is 4.79. The summed E-state index contributed by atoms with van der Waals surface area (Å²) in [7, 11) is 1.26. The first-order valence-corrected chi connectivity index (χ1v) is 8.09. The lowest BCUT2D eigenvalue weighted by atomic mass is 9.73. The van der Waals surface area contributed by atoms with Crippen molar-refractivity contribution in [1.82, 2.24) is 4.90 Å². The Balaban J connectivity index is 2.21. The third kappa shape index (κ3) is 3.73. The first-order valence-electron chi connectivity index (χ1n) is 8.09. The first kappa shape index (κ1) is 18.7. The molecule has 1 aliphatic heterocycles. The molecule has 0 bridgehead atoms. The van der Waals surface area contributed by atoms with Crippen LogP contribution in [0.5, 0.6) is 0 Å². The van der Waals surface area contributed by atoms with Crippen molar-refractivity contribution < 1.29 is 23.9 Å². The number of benzene rings is 1. The van der Waals surface area contributed by atoms with E-state index in [4.69, 9.17) is 9.47 Å². The monoisotopic (exact) mass is 345 g/mol. The van der Waals surface area contributed by atoms with E-state index in [1.165, 1.54) is 12.0 Å². The van der Waals surface area contributed by atoms with Gasteiger partial charge in [-0.1, -0.05) is 43.3 Å². The number of nitrogens with zero attached hydrogens (tertiary/aromatic N) is 1. The maximum atomic E-state index is 12.6. The first-order chi connectivity index (χ1) is 12.0. The van der Waals surface area contributed by atoms with Crippen LogP contribution in [0.3, 0.4) is 0 Å². The molecule has 0 unspecified atom stereocenters. The zero-order chi connectivity index (χ0) is 18.4. The Labute approximate surface area is 147 Å². The maximum absolute atomic E-state index is 12.6. The predicted octanol–water partition coefficient (Wildman–Crippen LogP) is 2.58. The SMILES string of the molecule is C=CC[C@]1(C)[C@@H](C=O)CN(C(=O)OCc2ccccc2)[C@@H]1C(=O)OC. The summed E-state index contributed by atoms with van der Waals surface area (Å²) in [6.07, 6.45) is 2.19. The van der Waals surface area contributed by atoms with Gasteiger partial charge in [0, 0.05) is 17.9 Å². The summed E-state index contributed by atoms with van der Waals surface area (Å²) in [5.74, 6) is -1.07. The van der Waals surface area contributed by atoms with Gasteiger partial charge in [-0.25, -0.2) is 9.59 Å². The van der Waals surface area contributed by atoms with Crippen molar-refractivity contribution in [2.75, 3.05) is 13.7 Å². The van der Waals surface area contributed by atoms with Crippen molar-refractivity contribution >= 4 is 18.3 Å². The minimum Gasteiger partial charge on any atom is -0.467 e. The molecule has 0 aliphatic carbocycles. The molecule has 0 radical (unpaired) electrons. The molecule has 1 amide bonds. The van der Waals surface area contributed by atoms with Crippen LogP contribution in [0.4, 0.5) is 4.79 Å². The summed E-state index contributed by atoms with van der Waals surface area (Å²) >= 11 is 0. The molecule has 1 fully saturated rings. The van der Waals surface area contributed by atoms with Gasteiger partial charge in [-0.05, 0) is 12.0 Å². The highest BCUT2D eigenvalue weighted by atomic mass is 16.6. The molecule has 0 aromatic heterocycles. The van der Waals surface area contributed by atoms with Crippen molar-refractivity contribution in [3.8, 4) is 0 Å². The smallest absolute Gasteiger partial charge is 0.410 e. The lowest BCUT2D eigenvalue weighted by Gasteiger charge is -2.33. The van der Waals surface area contributed by atoms with Crippen LogP contribution >= 0.6 is 0 Å². The number of carbonyl (C=O) groups excluding carboxylic acids is 3. The van der Waals surface area contributed by atoms with E-state index in [1.807, 2.05) is 30.3 Å². The van der Waals surface area contributed by atoms with Gasteiger partial charge in [0.1, 0.15) is 18.9 Å². The molecule has 1 aromatic carbocycles. The number of ether oxygens (including phenoxy) is 2. The van der Waals surface area contributed by atoms with Gasteiger partial charge in [0.15, 0.2) is 0 Å². The highest BCUT2D eigenvalue weighted by Gasteiger charge is 2.56. The molecule has 0 N–H and O–H groups in total. The van der Waals surface area contributed by atoms with Crippen LogP contribution in [0.2, 0.25) is 0 Å². The van der Waals surface area contributed by atoms with Gasteiger partial charge in [0.05, 0.1) is 7.11 Å². The minimum atomic E-state index is -0.894. The van der Waals surface area contributed by atoms with Gasteiger partial charge in [0.25, 0.3) is 0 Å². The number of hydrogen-bond donors (Lipinski definition) is 0. The quantitative estimate of drug-likeness (QED) is 0.450. The number of aldehydes is 1. The van der Waals surface area contributed by atoms with Crippen molar-refractivity contribution in [2.45, 2.75) is 26.0 Å². The van der Waals surface area contributed by atoms with Gasteiger partial charge >= 0.3 is 12.1 Å². The number of carbonyl (C=O) groups is 3. The molecule has 0 saturated carbocycles. The fourth-order valence-electron chi connectivity index (χ4n) is 3.35. The summed E-state index contributed by atoms with van der Waals surface area (Å²) in [5, 5.41) is 0. The van der Waals surface area contributed by atoms with Crippen molar-refractivity contribution in [2.24, 2.45) is 11.3 Å². The highest BCUT2D eigenvalue weighted by Crippen LogP contribution is 2.44. The maximum Gasteiger partial charge on any atom is 0.410 e. The second-order valence-electron chi connectivity index (χ2n) is 6.36. The van der Waals surface area contributed by atoms with Crippen molar-refractivity contribution in [3.05, 3.63) is 48.6 Å². The van der Waals surface area contributed by atoms with E-state index >= 15 is 0 Å². The Kier molecular flexibility index (Phi) is 5.96. The molecule has 134 valence electrons. The highest BCUT2D eigenvalue weighted by molar-refractivity contribution is 5.84. The largest absolute Gasteiger partial charge is 0.467 e. The average Bonchev–Trinajstić information content (AvgIpc) is 2.92. The lowest BCUT2D eigenvalue weighted by molar-refractivity contribution is -0.149. The number of allylic oxidation sites excluding steroid dienone is 1. The van der Waals surface area contributed by atoms with E-state index in [9.17, 15) is 14.4 Å². The summed E-state index contributed by atoms with van der Waals surface area (Å²) in [6, 6.07) is 8.35. The van der Waals surface area contributed by atoms with Gasteiger partial charge in [0.2, 0.25) is 0 Å². The van der Waals surface area contributed by atoms with Crippen LogP contribution < -0.4 is 0 Å². The Morgan fingerprint density at radius 2 is 2.04 bits per heavy atom.